The number of nitrogens with zero attached hydrogens (tertiary/aromatic N) is 9. The molecule has 0 atom stereocenters. The van der Waals surface area contributed by atoms with Gasteiger partial charge < -0.3 is 81.3 Å². The zero-order valence-electron chi connectivity index (χ0n) is 42.9. The number of rotatable bonds is 13. The summed E-state index contributed by atoms with van der Waals surface area (Å²) in [6.07, 6.45) is 0. The van der Waals surface area contributed by atoms with E-state index in [-0.39, 0.29) is 58.9 Å². The molecule has 0 saturated heterocycles. The second kappa shape index (κ2) is 21.8. The van der Waals surface area contributed by atoms with Gasteiger partial charge in [0, 0.05) is 144 Å². The van der Waals surface area contributed by atoms with E-state index in [0.717, 1.165) is 0 Å². The van der Waals surface area contributed by atoms with Crippen LogP contribution in [0.15, 0.2) is 18.2 Å². The van der Waals surface area contributed by atoms with Gasteiger partial charge in [-0.25, -0.2) is 0 Å². The van der Waals surface area contributed by atoms with E-state index in [2.05, 4.69) is 238 Å². The summed E-state index contributed by atoms with van der Waals surface area (Å²) in [4.78, 5) is 21.2. The van der Waals surface area contributed by atoms with Crippen LogP contribution >= 0.6 is 0 Å². The van der Waals surface area contributed by atoms with Crippen molar-refractivity contribution in [2.75, 3.05) is 171 Å². The van der Waals surface area contributed by atoms with Crippen LogP contribution in [0, 0.1) is 48.5 Å². The molecule has 0 bridgehead atoms. The maximum atomic E-state index is 2.59. The largest absolute Gasteiger partial charge is 4.00 e. The van der Waals surface area contributed by atoms with Gasteiger partial charge in [0.25, 0.3) is 0 Å². The Labute approximate surface area is 412 Å². The first kappa shape index (κ1) is 59.0. The maximum absolute atomic E-state index is 3.54. The number of hydrogen-bond donors (Lipinski definition) is 0. The Hall–Kier alpha value is -2.99. The van der Waals surface area contributed by atoms with Gasteiger partial charge in [-0.3, -0.25) is 0 Å². The maximum Gasteiger partial charge on any atom is 4.00 e. The summed E-state index contributed by atoms with van der Waals surface area (Å²) in [5, 5.41) is 5.63. The Morgan fingerprint density at radius 2 is 0.500 bits per heavy atom. The average molecular weight is 964 g/mol. The van der Waals surface area contributed by atoms with Gasteiger partial charge in [0.15, 0.2) is 0 Å². The molecule has 4 aromatic rings. The van der Waals surface area contributed by atoms with Crippen LogP contribution in [0.25, 0.3) is 0 Å². The summed E-state index contributed by atoms with van der Waals surface area (Å²) in [5.74, 6) is 0. The average Bonchev–Trinajstić information content (AvgIpc) is 3.29. The van der Waals surface area contributed by atoms with E-state index >= 15 is 0 Å². The quantitative estimate of drug-likeness (QED) is 0.0773. The van der Waals surface area contributed by atoms with Gasteiger partial charge in [0.05, 0.1) is 34.1 Å². The predicted molar refractivity (Wildman–Crippen MR) is 268 cm³/mol. The third-order valence-electron chi connectivity index (χ3n) is 12.7. The van der Waals surface area contributed by atoms with Crippen LogP contribution in [0.3, 0.4) is 0 Å². The van der Waals surface area contributed by atoms with Crippen molar-refractivity contribution < 1.29 is 58.9 Å². The summed E-state index contributed by atoms with van der Waals surface area (Å²) in [6.45, 7) is 16.4. The van der Waals surface area contributed by atoms with Gasteiger partial charge in [-0.2, -0.15) is 22.3 Å². The Bertz CT molecular complexity index is 1970. The second-order valence-corrected chi connectivity index (χ2v) is 22.1. The Morgan fingerprint density at radius 3 is 0.661 bits per heavy atom. The molecule has 0 fully saturated rings. The van der Waals surface area contributed by atoms with Gasteiger partial charge >= 0.3 is 21.7 Å². The van der Waals surface area contributed by atoms with E-state index in [1.807, 2.05) is 0 Å². The minimum Gasteiger partial charge on any atom is -1.00 e. The van der Waals surface area contributed by atoms with E-state index in [4.69, 9.17) is 0 Å². The molecule has 9 nitrogen and oxygen atoms in total. The van der Waals surface area contributed by atoms with E-state index in [1.165, 1.54) is 111 Å². The van der Waals surface area contributed by atoms with Crippen molar-refractivity contribution in [3.8, 4) is 0 Å². The number of anilines is 9. The first-order valence-corrected chi connectivity index (χ1v) is 22.5. The number of halogens is 3. The summed E-state index contributed by atoms with van der Waals surface area (Å²) in [6, 6.07) is 7.77. The van der Waals surface area contributed by atoms with Crippen LogP contribution in [-0.4, -0.2) is 135 Å². The van der Waals surface area contributed by atoms with Crippen molar-refractivity contribution in [2.45, 2.75) is 48.5 Å². The molecule has 0 aliphatic carbocycles. The third-order valence-corrected chi connectivity index (χ3v) is 17.7. The fourth-order valence-electron chi connectivity index (χ4n) is 10.1. The molecule has 0 unspecified atom stereocenters. The monoisotopic (exact) mass is 961 g/mol. The van der Waals surface area contributed by atoms with Crippen molar-refractivity contribution in [3.63, 3.8) is 0 Å². The normalized spacial score (nSPS) is 10.8. The van der Waals surface area contributed by atoms with Gasteiger partial charge in [0.2, 0.25) is 0 Å². The predicted octanol–water partition coefficient (Wildman–Crippen LogP) is -3.45. The van der Waals surface area contributed by atoms with Crippen LogP contribution in [0.2, 0.25) is 0 Å². The first-order valence-electron chi connectivity index (χ1n) is 20.5. The fraction of sp³-hybridized carbons (Fsp3) is 0.521. The Morgan fingerprint density at radius 1 is 0.306 bits per heavy atom. The van der Waals surface area contributed by atoms with E-state index in [1.54, 1.807) is 0 Å². The molecule has 14 heteroatoms. The third kappa shape index (κ3) is 9.53. The molecule has 0 saturated carbocycles. The standard InChI is InChI=1S/C48H78N9Si.3ClH.Ti/c1-29-30(2)32(4)48(31(29)3)58(39-26-36(49(8)9)33(5)42(52(14)15)45(39)55(20)21,40-27-37(50(10)11)34(6)43(53(16)17)46(40)56(22)23)41-28-38(51(12)13)35(7)44(54(18)19)47(41)57(24)25;;;;/h26-28H,1-25H3;3*1H;/q-1;;;;+4/p-3. The van der Waals surface area contributed by atoms with Gasteiger partial charge in [-0.15, -0.1) is 5.19 Å². The smallest absolute Gasteiger partial charge is 1.00 e. The van der Waals surface area contributed by atoms with Crippen molar-refractivity contribution in [1.82, 2.24) is 0 Å². The molecular weight excluding hydrogens is 885 g/mol. The van der Waals surface area contributed by atoms with Gasteiger partial charge in [-0.1, -0.05) is 27.7 Å². The molecule has 344 valence electrons. The minimum atomic E-state index is -3.54. The van der Waals surface area contributed by atoms with E-state index in [9.17, 15) is 0 Å². The summed E-state index contributed by atoms with van der Waals surface area (Å²) in [5.41, 5.74) is 20.6. The van der Waals surface area contributed by atoms with Crippen molar-refractivity contribution in [2.24, 2.45) is 0 Å². The van der Waals surface area contributed by atoms with E-state index in [0.29, 0.717) is 0 Å². The first-order chi connectivity index (χ1) is 26.7. The minimum absolute atomic E-state index is 0. The molecule has 4 aromatic carbocycles. The van der Waals surface area contributed by atoms with Crippen LogP contribution in [0.1, 0.15) is 38.9 Å². The molecule has 62 heavy (non-hydrogen) atoms. The van der Waals surface area contributed by atoms with Crippen LogP contribution in [0.5, 0.6) is 0 Å². The second-order valence-electron chi connectivity index (χ2n) is 18.5. The molecule has 4 rings (SSSR count). The molecule has 0 N–H and O–H groups in total. The Balaban J connectivity index is 0.00000930. The molecule has 0 aromatic heterocycles. The Kier molecular flexibility index (Phi) is 20.7. The number of benzene rings is 3. The van der Waals surface area contributed by atoms with Gasteiger partial charge in [0.1, 0.15) is 8.07 Å². The van der Waals surface area contributed by atoms with E-state index < -0.39 is 8.07 Å². The molecular formula is C48H78Cl3N9SiTi. The molecule has 0 aliphatic rings. The van der Waals surface area contributed by atoms with Crippen LogP contribution < -0.4 is 102 Å². The summed E-state index contributed by atoms with van der Waals surface area (Å²) < 4.78 is 0. The fourth-order valence-corrected chi connectivity index (χ4v) is 16.4. The van der Waals surface area contributed by atoms with Crippen LogP contribution in [0.4, 0.5) is 51.2 Å². The topological polar surface area (TPSA) is 29.2 Å². The summed E-state index contributed by atoms with van der Waals surface area (Å²) >= 11 is 0. The van der Waals surface area contributed by atoms with Crippen molar-refractivity contribution >= 4 is 80.0 Å². The van der Waals surface area contributed by atoms with Gasteiger partial charge in [-0.05, 0) is 71.2 Å². The molecule has 0 spiro atoms. The zero-order valence-corrected chi connectivity index (χ0v) is 47.7. The number of hydrogen-bond acceptors (Lipinski definition) is 9. The van der Waals surface area contributed by atoms with Crippen molar-refractivity contribution in [3.05, 3.63) is 57.1 Å². The van der Waals surface area contributed by atoms with Crippen molar-refractivity contribution in [1.29, 1.82) is 0 Å². The molecule has 0 heterocycles. The SMILES string of the molecule is Cc1c(N(C)C)cc([Si](c2cc(N(C)C)c(C)c(N(C)C)c2N(C)C)(c2cc(N(C)C)c(C)c(N(C)C)c2N(C)C)[c-]2c(C)c(C)c(C)c2C)c(N(C)C)c1N(C)C.[Cl-].[Cl-].[Cl-].[Ti+4]. The molecule has 0 aliphatic heterocycles. The summed E-state index contributed by atoms with van der Waals surface area (Å²) in [7, 11) is 36.5. The zero-order chi connectivity index (χ0) is 44.4. The molecule has 0 radical (unpaired) electrons. The molecule has 0 amide bonds. The van der Waals surface area contributed by atoms with Crippen LogP contribution in [-0.2, 0) is 21.7 Å².